The van der Waals surface area contributed by atoms with Gasteiger partial charge in [-0.25, -0.2) is 0 Å². The van der Waals surface area contributed by atoms with E-state index < -0.39 is 0 Å². The summed E-state index contributed by atoms with van der Waals surface area (Å²) in [5, 5.41) is 0.745. The molecule has 0 saturated carbocycles. The summed E-state index contributed by atoms with van der Waals surface area (Å²) in [4.78, 5) is 16.3. The summed E-state index contributed by atoms with van der Waals surface area (Å²) in [6.45, 7) is 8.75. The van der Waals surface area contributed by atoms with Gasteiger partial charge in [0.15, 0.2) is 0 Å². The summed E-state index contributed by atoms with van der Waals surface area (Å²) >= 11 is 1.66. The molecular formula is C18H28N2OS. The molecule has 4 heteroatoms. The monoisotopic (exact) mass is 320 g/mol. The highest BCUT2D eigenvalue weighted by Crippen LogP contribution is 2.43. The smallest absolute Gasteiger partial charge is 0.257 e. The van der Waals surface area contributed by atoms with E-state index >= 15 is 0 Å². The van der Waals surface area contributed by atoms with Crippen molar-refractivity contribution < 1.29 is 4.79 Å². The fourth-order valence-electron chi connectivity index (χ4n) is 3.84. The first-order chi connectivity index (χ1) is 10.4. The summed E-state index contributed by atoms with van der Waals surface area (Å²) in [6, 6.07) is 0. The summed E-state index contributed by atoms with van der Waals surface area (Å²) in [5.74, 6) is 0.875. The van der Waals surface area contributed by atoms with Crippen molar-refractivity contribution in [2.75, 3.05) is 18.8 Å². The van der Waals surface area contributed by atoms with E-state index in [2.05, 4.69) is 20.8 Å². The second-order valence-electron chi connectivity index (χ2n) is 7.90. The number of nitrogens with two attached hydrogens (primary N) is 1. The van der Waals surface area contributed by atoms with Crippen molar-refractivity contribution in [1.82, 2.24) is 4.90 Å². The highest BCUT2D eigenvalue weighted by molar-refractivity contribution is 7.16. The number of nitrogen functional groups attached to an aromatic ring is 1. The van der Waals surface area contributed by atoms with E-state index in [1.54, 1.807) is 11.3 Å². The van der Waals surface area contributed by atoms with E-state index in [9.17, 15) is 4.79 Å². The number of rotatable bonds is 1. The maximum atomic E-state index is 12.9. The van der Waals surface area contributed by atoms with Crippen LogP contribution in [0, 0.1) is 11.3 Å². The fraction of sp³-hybridized carbons (Fsp3) is 0.722. The molecular weight excluding hydrogens is 292 g/mol. The minimum absolute atomic E-state index is 0.184. The molecule has 2 heterocycles. The molecule has 2 N–H and O–H groups in total. The largest absolute Gasteiger partial charge is 0.390 e. The van der Waals surface area contributed by atoms with Crippen molar-refractivity contribution in [3.8, 4) is 0 Å². The Kier molecular flexibility index (Phi) is 4.23. The van der Waals surface area contributed by atoms with Crippen LogP contribution in [0.5, 0.6) is 0 Å². The Morgan fingerprint density at radius 3 is 2.55 bits per heavy atom. The van der Waals surface area contributed by atoms with Crippen molar-refractivity contribution in [1.29, 1.82) is 0 Å². The van der Waals surface area contributed by atoms with Gasteiger partial charge >= 0.3 is 0 Å². The van der Waals surface area contributed by atoms with Crippen LogP contribution in [0.2, 0.25) is 0 Å². The molecule has 1 aromatic heterocycles. The lowest BCUT2D eigenvalue weighted by Gasteiger charge is -2.34. The van der Waals surface area contributed by atoms with E-state index in [-0.39, 0.29) is 5.91 Å². The number of fused-ring (bicyclic) bond motifs is 1. The number of thiophene rings is 1. The number of carbonyl (C=O) groups excluding carboxylic acids is 1. The molecule has 1 amide bonds. The summed E-state index contributed by atoms with van der Waals surface area (Å²) in [5.41, 5.74) is 8.69. The lowest BCUT2D eigenvalue weighted by Crippen LogP contribution is -2.36. The van der Waals surface area contributed by atoms with Gasteiger partial charge in [0.2, 0.25) is 0 Å². The predicted molar refractivity (Wildman–Crippen MR) is 93.5 cm³/mol. The average Bonchev–Trinajstić information content (AvgIpc) is 2.81. The number of likely N-dealkylation sites (tertiary alicyclic amines) is 1. The van der Waals surface area contributed by atoms with Crippen LogP contribution >= 0.6 is 11.3 Å². The number of piperidine rings is 1. The predicted octanol–water partition coefficient (Wildman–Crippen LogP) is 4.11. The van der Waals surface area contributed by atoms with Crippen LogP contribution in [0.15, 0.2) is 0 Å². The van der Waals surface area contributed by atoms with Crippen LogP contribution in [0.1, 0.15) is 67.3 Å². The highest BCUT2D eigenvalue weighted by atomic mass is 32.1. The summed E-state index contributed by atoms with van der Waals surface area (Å²) < 4.78 is 0. The SMILES string of the molecule is CC(C)(C)[C@H]1CCc2c(sc(N)c2C(=O)N2CCCCC2)C1. The molecule has 1 saturated heterocycles. The van der Waals surface area contributed by atoms with Crippen molar-refractivity contribution >= 4 is 22.2 Å². The van der Waals surface area contributed by atoms with E-state index in [0.29, 0.717) is 11.3 Å². The summed E-state index contributed by atoms with van der Waals surface area (Å²) in [6.07, 6.45) is 6.77. The van der Waals surface area contributed by atoms with E-state index in [1.807, 2.05) is 4.90 Å². The number of nitrogens with zero attached hydrogens (tertiary/aromatic N) is 1. The Hall–Kier alpha value is -1.03. The molecule has 0 radical (unpaired) electrons. The van der Waals surface area contributed by atoms with Gasteiger partial charge in [0.05, 0.1) is 10.6 Å². The minimum Gasteiger partial charge on any atom is -0.390 e. The van der Waals surface area contributed by atoms with Gasteiger partial charge in [0, 0.05) is 18.0 Å². The first-order valence-corrected chi connectivity index (χ1v) is 9.39. The molecule has 2 aliphatic rings. The molecule has 0 spiro atoms. The second kappa shape index (κ2) is 5.88. The number of hydrogen-bond acceptors (Lipinski definition) is 3. The molecule has 0 unspecified atom stereocenters. The minimum atomic E-state index is 0.184. The number of anilines is 1. The zero-order valence-corrected chi connectivity index (χ0v) is 14.9. The van der Waals surface area contributed by atoms with Gasteiger partial charge in [0.25, 0.3) is 5.91 Å². The number of amides is 1. The standard InChI is InChI=1S/C18H28N2OS/c1-18(2,3)12-7-8-13-14(11-12)22-16(19)15(13)17(21)20-9-5-4-6-10-20/h12H,4-11,19H2,1-3H3/t12-/m0/s1. The topological polar surface area (TPSA) is 46.3 Å². The van der Waals surface area contributed by atoms with Gasteiger partial charge in [-0.1, -0.05) is 20.8 Å². The lowest BCUT2D eigenvalue weighted by atomic mass is 9.72. The first-order valence-electron chi connectivity index (χ1n) is 8.57. The normalized spacial score (nSPS) is 22.5. The van der Waals surface area contributed by atoms with Gasteiger partial charge in [-0.2, -0.15) is 0 Å². The third-order valence-corrected chi connectivity index (χ3v) is 6.46. The molecule has 122 valence electrons. The van der Waals surface area contributed by atoms with Crippen LogP contribution in [0.25, 0.3) is 0 Å². The van der Waals surface area contributed by atoms with Crippen molar-refractivity contribution in [2.45, 2.75) is 59.3 Å². The molecule has 0 aromatic carbocycles. The number of carbonyl (C=O) groups is 1. The lowest BCUT2D eigenvalue weighted by molar-refractivity contribution is 0.0724. The average molecular weight is 321 g/mol. The maximum absolute atomic E-state index is 12.9. The van der Waals surface area contributed by atoms with Gasteiger partial charge in [-0.3, -0.25) is 4.79 Å². The van der Waals surface area contributed by atoms with Gasteiger partial charge in [-0.15, -0.1) is 11.3 Å². The molecule has 1 atom stereocenters. The maximum Gasteiger partial charge on any atom is 0.257 e. The second-order valence-corrected chi connectivity index (χ2v) is 9.04. The Balaban J connectivity index is 1.86. The van der Waals surface area contributed by atoms with Gasteiger partial charge in [-0.05, 0) is 55.4 Å². The van der Waals surface area contributed by atoms with Gasteiger partial charge in [0.1, 0.15) is 0 Å². The third kappa shape index (κ3) is 2.90. The fourth-order valence-corrected chi connectivity index (χ4v) is 5.03. The Morgan fingerprint density at radius 1 is 1.23 bits per heavy atom. The molecule has 22 heavy (non-hydrogen) atoms. The van der Waals surface area contributed by atoms with E-state index in [0.717, 1.165) is 49.3 Å². The van der Waals surface area contributed by atoms with Crippen LogP contribution in [0.4, 0.5) is 5.00 Å². The van der Waals surface area contributed by atoms with Crippen LogP contribution in [0.3, 0.4) is 0 Å². The quantitative estimate of drug-likeness (QED) is 0.846. The molecule has 1 aliphatic carbocycles. The molecule has 3 nitrogen and oxygen atoms in total. The highest BCUT2D eigenvalue weighted by Gasteiger charge is 2.34. The molecule has 1 aliphatic heterocycles. The summed E-state index contributed by atoms with van der Waals surface area (Å²) in [7, 11) is 0. The Labute approximate surface area is 137 Å². The zero-order chi connectivity index (χ0) is 15.9. The molecule has 0 bridgehead atoms. The molecule has 1 aromatic rings. The van der Waals surface area contributed by atoms with Crippen molar-refractivity contribution in [3.63, 3.8) is 0 Å². The first kappa shape index (κ1) is 15.9. The number of hydrogen-bond donors (Lipinski definition) is 1. The molecule has 1 fully saturated rings. The van der Waals surface area contributed by atoms with Crippen molar-refractivity contribution in [2.24, 2.45) is 11.3 Å². The Morgan fingerprint density at radius 2 is 1.91 bits per heavy atom. The van der Waals surface area contributed by atoms with Crippen molar-refractivity contribution in [3.05, 3.63) is 16.0 Å². The van der Waals surface area contributed by atoms with Crippen LogP contribution < -0.4 is 5.73 Å². The van der Waals surface area contributed by atoms with Crippen LogP contribution in [-0.2, 0) is 12.8 Å². The molecule has 3 rings (SSSR count). The van der Waals surface area contributed by atoms with E-state index in [4.69, 9.17) is 5.73 Å². The van der Waals surface area contributed by atoms with Crippen LogP contribution in [-0.4, -0.2) is 23.9 Å². The van der Waals surface area contributed by atoms with Gasteiger partial charge < -0.3 is 10.6 Å². The Bertz CT molecular complexity index is 564. The van der Waals surface area contributed by atoms with E-state index in [1.165, 1.54) is 23.3 Å². The third-order valence-electron chi connectivity index (χ3n) is 5.37. The zero-order valence-electron chi connectivity index (χ0n) is 14.1.